The van der Waals surface area contributed by atoms with E-state index in [0.29, 0.717) is 18.5 Å². The molecule has 0 saturated carbocycles. The predicted octanol–water partition coefficient (Wildman–Crippen LogP) is 2.35. The normalized spacial score (nSPS) is 11.0. The van der Waals surface area contributed by atoms with E-state index >= 15 is 0 Å². The first-order chi connectivity index (χ1) is 8.91. The van der Waals surface area contributed by atoms with Gasteiger partial charge in [0.05, 0.1) is 16.4 Å². The van der Waals surface area contributed by atoms with Crippen molar-refractivity contribution >= 4 is 21.7 Å². The lowest BCUT2D eigenvalue weighted by atomic mass is 10.0. The molecule has 19 heavy (non-hydrogen) atoms. The van der Waals surface area contributed by atoms with Crippen LogP contribution in [0.4, 0.5) is 0 Å². The van der Waals surface area contributed by atoms with Crippen molar-refractivity contribution in [2.45, 2.75) is 26.7 Å². The zero-order valence-corrected chi connectivity index (χ0v) is 13.2. The zero-order chi connectivity index (χ0) is 14.2. The highest BCUT2D eigenvalue weighted by Crippen LogP contribution is 2.19. The number of aryl methyl sites for hydroxylation is 3. The summed E-state index contributed by atoms with van der Waals surface area (Å²) in [6.45, 7) is 4.01. The smallest absolute Gasteiger partial charge is 0.182 e. The molecule has 2 aromatic heterocycles. The SMILES string of the molecule is Cc1nn(C)c(C)c1CCC(=O)c1c(Br)cnn1C. The Bertz CT molecular complexity index is 607. The van der Waals surface area contributed by atoms with Crippen molar-refractivity contribution in [2.24, 2.45) is 14.1 Å². The summed E-state index contributed by atoms with van der Waals surface area (Å²) < 4.78 is 4.21. The van der Waals surface area contributed by atoms with Crippen molar-refractivity contribution in [3.05, 3.63) is 33.3 Å². The van der Waals surface area contributed by atoms with Gasteiger partial charge >= 0.3 is 0 Å². The second-order valence-electron chi connectivity index (χ2n) is 4.66. The van der Waals surface area contributed by atoms with Gasteiger partial charge in [-0.3, -0.25) is 14.2 Å². The van der Waals surface area contributed by atoms with Gasteiger partial charge < -0.3 is 0 Å². The monoisotopic (exact) mass is 324 g/mol. The molecule has 0 unspecified atom stereocenters. The number of halogens is 1. The minimum atomic E-state index is 0.0922. The molecule has 0 fully saturated rings. The standard InChI is InChI=1S/C13H17BrN4O/c1-8-10(9(2)17(3)16-8)5-6-12(19)13-11(14)7-15-18(13)4/h7H,5-6H2,1-4H3. The first kappa shape index (κ1) is 14.0. The molecule has 2 aromatic rings. The van der Waals surface area contributed by atoms with Crippen molar-refractivity contribution in [2.75, 3.05) is 0 Å². The molecule has 0 aliphatic carbocycles. The fourth-order valence-corrected chi connectivity index (χ4v) is 2.83. The zero-order valence-electron chi connectivity index (χ0n) is 11.6. The Morgan fingerprint density at radius 2 is 2.00 bits per heavy atom. The van der Waals surface area contributed by atoms with E-state index in [0.717, 1.165) is 21.4 Å². The van der Waals surface area contributed by atoms with Gasteiger partial charge in [0.1, 0.15) is 5.69 Å². The molecule has 0 aromatic carbocycles. The van der Waals surface area contributed by atoms with E-state index in [1.807, 2.05) is 25.6 Å². The molecule has 0 bridgehead atoms. The summed E-state index contributed by atoms with van der Waals surface area (Å²) in [7, 11) is 3.70. The molecule has 102 valence electrons. The third-order valence-corrected chi connectivity index (χ3v) is 4.00. The van der Waals surface area contributed by atoms with Crippen LogP contribution >= 0.6 is 15.9 Å². The van der Waals surface area contributed by atoms with Crippen LogP contribution in [0.3, 0.4) is 0 Å². The fraction of sp³-hybridized carbons (Fsp3) is 0.462. The summed E-state index contributed by atoms with van der Waals surface area (Å²) in [6, 6.07) is 0. The van der Waals surface area contributed by atoms with Gasteiger partial charge in [-0.25, -0.2) is 0 Å². The Morgan fingerprint density at radius 3 is 2.47 bits per heavy atom. The van der Waals surface area contributed by atoms with Gasteiger partial charge in [0, 0.05) is 26.2 Å². The van der Waals surface area contributed by atoms with Crippen LogP contribution < -0.4 is 0 Å². The number of carbonyl (C=O) groups excluding carboxylic acids is 1. The number of ketones is 1. The van der Waals surface area contributed by atoms with Gasteiger partial charge in [0.25, 0.3) is 0 Å². The van der Waals surface area contributed by atoms with Crippen LogP contribution in [0.25, 0.3) is 0 Å². The summed E-state index contributed by atoms with van der Waals surface area (Å²) in [5.41, 5.74) is 3.90. The lowest BCUT2D eigenvalue weighted by Crippen LogP contribution is -2.09. The highest BCUT2D eigenvalue weighted by molar-refractivity contribution is 9.10. The maximum Gasteiger partial charge on any atom is 0.182 e. The number of Topliss-reactive ketones (excluding diaryl/α,β-unsaturated/α-hetero) is 1. The van der Waals surface area contributed by atoms with Crippen LogP contribution in [0.5, 0.6) is 0 Å². The number of hydrogen-bond donors (Lipinski definition) is 0. The number of hydrogen-bond acceptors (Lipinski definition) is 3. The Kier molecular flexibility index (Phi) is 3.89. The highest BCUT2D eigenvalue weighted by atomic mass is 79.9. The molecule has 0 aliphatic rings. The van der Waals surface area contributed by atoms with Crippen molar-refractivity contribution < 1.29 is 4.79 Å². The number of carbonyl (C=O) groups is 1. The van der Waals surface area contributed by atoms with Crippen LogP contribution in [-0.2, 0) is 20.5 Å². The van der Waals surface area contributed by atoms with E-state index in [1.165, 1.54) is 0 Å². The van der Waals surface area contributed by atoms with Crippen LogP contribution in [-0.4, -0.2) is 25.3 Å². The van der Waals surface area contributed by atoms with Gasteiger partial charge in [-0.1, -0.05) is 0 Å². The first-order valence-electron chi connectivity index (χ1n) is 6.11. The van der Waals surface area contributed by atoms with Crippen molar-refractivity contribution in [1.82, 2.24) is 19.6 Å². The summed E-state index contributed by atoms with van der Waals surface area (Å²) >= 11 is 3.36. The van der Waals surface area contributed by atoms with Crippen molar-refractivity contribution in [1.29, 1.82) is 0 Å². The van der Waals surface area contributed by atoms with Crippen molar-refractivity contribution in [3.8, 4) is 0 Å². The molecule has 0 atom stereocenters. The predicted molar refractivity (Wildman–Crippen MR) is 76.2 cm³/mol. The molecule has 0 N–H and O–H groups in total. The summed E-state index contributed by atoms with van der Waals surface area (Å²) in [5.74, 6) is 0.0922. The summed E-state index contributed by atoms with van der Waals surface area (Å²) in [6.07, 6.45) is 2.82. The van der Waals surface area contributed by atoms with Crippen molar-refractivity contribution in [3.63, 3.8) is 0 Å². The lowest BCUT2D eigenvalue weighted by molar-refractivity contribution is 0.0973. The topological polar surface area (TPSA) is 52.7 Å². The third kappa shape index (κ3) is 2.63. The maximum atomic E-state index is 12.2. The molecule has 0 aliphatic heterocycles. The van der Waals surface area contributed by atoms with E-state index in [-0.39, 0.29) is 5.78 Å². The minimum absolute atomic E-state index is 0.0922. The number of aromatic nitrogens is 4. The van der Waals surface area contributed by atoms with E-state index in [4.69, 9.17) is 0 Å². The van der Waals surface area contributed by atoms with Crippen LogP contribution in [0.2, 0.25) is 0 Å². The van der Waals surface area contributed by atoms with Crippen LogP contribution in [0.15, 0.2) is 10.7 Å². The fourth-order valence-electron chi connectivity index (χ4n) is 2.26. The Hall–Kier alpha value is -1.43. The van der Waals surface area contributed by atoms with Crippen LogP contribution in [0.1, 0.15) is 33.9 Å². The Morgan fingerprint density at radius 1 is 1.32 bits per heavy atom. The second-order valence-corrected chi connectivity index (χ2v) is 5.52. The van der Waals surface area contributed by atoms with Gasteiger partial charge in [0.15, 0.2) is 5.78 Å². The molecule has 0 radical (unpaired) electrons. The minimum Gasteiger partial charge on any atom is -0.292 e. The quantitative estimate of drug-likeness (QED) is 0.811. The molecular weight excluding hydrogens is 308 g/mol. The first-order valence-corrected chi connectivity index (χ1v) is 6.91. The average Bonchev–Trinajstić information content (AvgIpc) is 2.79. The van der Waals surface area contributed by atoms with Gasteiger partial charge in [0.2, 0.25) is 0 Å². The van der Waals surface area contributed by atoms with Gasteiger partial charge in [-0.05, 0) is 41.8 Å². The molecule has 0 amide bonds. The molecule has 2 heterocycles. The largest absolute Gasteiger partial charge is 0.292 e. The molecule has 0 saturated heterocycles. The summed E-state index contributed by atoms with van der Waals surface area (Å²) in [4.78, 5) is 12.2. The summed E-state index contributed by atoms with van der Waals surface area (Å²) in [5, 5.41) is 8.43. The lowest BCUT2D eigenvalue weighted by Gasteiger charge is -2.04. The average molecular weight is 325 g/mol. The van der Waals surface area contributed by atoms with E-state index in [1.54, 1.807) is 17.9 Å². The molecule has 2 rings (SSSR count). The van der Waals surface area contributed by atoms with Gasteiger partial charge in [-0.15, -0.1) is 0 Å². The third-order valence-electron chi connectivity index (χ3n) is 3.42. The maximum absolute atomic E-state index is 12.2. The second kappa shape index (κ2) is 5.28. The van der Waals surface area contributed by atoms with E-state index in [9.17, 15) is 4.79 Å². The van der Waals surface area contributed by atoms with E-state index in [2.05, 4.69) is 26.1 Å². The molecule has 0 spiro atoms. The van der Waals surface area contributed by atoms with Crippen LogP contribution in [0, 0.1) is 13.8 Å². The number of nitrogens with zero attached hydrogens (tertiary/aromatic N) is 4. The Balaban J connectivity index is 2.13. The highest BCUT2D eigenvalue weighted by Gasteiger charge is 2.17. The van der Waals surface area contributed by atoms with Gasteiger partial charge in [-0.2, -0.15) is 10.2 Å². The Labute approximate surface area is 120 Å². The number of rotatable bonds is 4. The molecule has 5 nitrogen and oxygen atoms in total. The van der Waals surface area contributed by atoms with E-state index < -0.39 is 0 Å². The molecular formula is C13H17BrN4O. The molecule has 6 heteroatoms.